The summed E-state index contributed by atoms with van der Waals surface area (Å²) < 4.78 is 37.1. The lowest BCUT2D eigenvalue weighted by molar-refractivity contribution is -0.137. The van der Waals surface area contributed by atoms with Gasteiger partial charge >= 0.3 is 6.18 Å². The Morgan fingerprint density at radius 3 is 2.41 bits per heavy atom. The molecule has 1 fully saturated rings. The first kappa shape index (κ1) is 12.4. The molecular weight excluding hydrogens is 229 g/mol. The molecule has 1 saturated carbocycles. The molecule has 1 unspecified atom stereocenters. The highest BCUT2D eigenvalue weighted by Gasteiger charge is 2.32. The van der Waals surface area contributed by atoms with Gasteiger partial charge in [0, 0.05) is 6.20 Å². The average Bonchev–Trinajstić information content (AvgIpc) is 2.22. The SMILES string of the molecule is CNC(c1ccc(C(F)(F)F)cn1)C1CCC1. The number of nitrogens with one attached hydrogen (secondary N) is 1. The summed E-state index contributed by atoms with van der Waals surface area (Å²) in [5.74, 6) is 0.504. The number of nitrogens with zero attached hydrogens (tertiary/aromatic N) is 1. The second kappa shape index (κ2) is 4.64. The number of hydrogen-bond acceptors (Lipinski definition) is 2. The molecular formula is C12H15F3N2. The zero-order valence-electron chi connectivity index (χ0n) is 9.59. The van der Waals surface area contributed by atoms with Crippen LogP contribution in [0.3, 0.4) is 0 Å². The molecule has 2 nitrogen and oxygen atoms in total. The predicted molar refractivity (Wildman–Crippen MR) is 58.4 cm³/mol. The lowest BCUT2D eigenvalue weighted by Gasteiger charge is -2.33. The van der Waals surface area contributed by atoms with Gasteiger partial charge in [-0.05, 0) is 37.9 Å². The summed E-state index contributed by atoms with van der Waals surface area (Å²) >= 11 is 0. The van der Waals surface area contributed by atoms with Gasteiger partial charge < -0.3 is 5.32 Å². The summed E-state index contributed by atoms with van der Waals surface area (Å²) in [6.07, 6.45) is 0.0430. The van der Waals surface area contributed by atoms with Gasteiger partial charge in [0.2, 0.25) is 0 Å². The minimum absolute atomic E-state index is 0.0750. The normalized spacial score (nSPS) is 18.8. The first-order chi connectivity index (χ1) is 8.02. The molecule has 1 N–H and O–H groups in total. The van der Waals surface area contributed by atoms with Gasteiger partial charge in [-0.3, -0.25) is 4.98 Å². The van der Waals surface area contributed by atoms with Crippen molar-refractivity contribution in [3.63, 3.8) is 0 Å². The number of hydrogen-bond donors (Lipinski definition) is 1. The van der Waals surface area contributed by atoms with Crippen LogP contribution in [0.15, 0.2) is 18.3 Å². The van der Waals surface area contributed by atoms with Crippen molar-refractivity contribution in [3.05, 3.63) is 29.6 Å². The van der Waals surface area contributed by atoms with Crippen LogP contribution in [0.5, 0.6) is 0 Å². The largest absolute Gasteiger partial charge is 0.417 e. The van der Waals surface area contributed by atoms with Gasteiger partial charge in [-0.1, -0.05) is 6.42 Å². The van der Waals surface area contributed by atoms with Crippen LogP contribution in [0.4, 0.5) is 13.2 Å². The van der Waals surface area contributed by atoms with Crippen molar-refractivity contribution in [2.24, 2.45) is 5.92 Å². The molecule has 0 aromatic carbocycles. The number of rotatable bonds is 3. The minimum atomic E-state index is -4.31. The molecule has 1 aromatic heterocycles. The topological polar surface area (TPSA) is 24.9 Å². The third-order valence-corrected chi connectivity index (χ3v) is 3.36. The van der Waals surface area contributed by atoms with E-state index in [-0.39, 0.29) is 6.04 Å². The Kier molecular flexibility index (Phi) is 3.38. The molecule has 0 bridgehead atoms. The highest BCUT2D eigenvalue weighted by molar-refractivity contribution is 5.19. The number of alkyl halides is 3. The summed E-state index contributed by atoms with van der Waals surface area (Å²) in [5, 5.41) is 3.13. The second-order valence-corrected chi connectivity index (χ2v) is 4.43. The maximum atomic E-state index is 12.4. The van der Waals surface area contributed by atoms with Gasteiger partial charge in [0.1, 0.15) is 0 Å². The first-order valence-corrected chi connectivity index (χ1v) is 5.73. The van der Waals surface area contributed by atoms with Crippen LogP contribution in [0.1, 0.15) is 36.6 Å². The van der Waals surface area contributed by atoms with Crippen molar-refractivity contribution in [2.75, 3.05) is 7.05 Å². The fourth-order valence-corrected chi connectivity index (χ4v) is 2.16. The quantitative estimate of drug-likeness (QED) is 0.883. The molecule has 2 rings (SSSR count). The highest BCUT2D eigenvalue weighted by atomic mass is 19.4. The smallest absolute Gasteiger partial charge is 0.311 e. The van der Waals surface area contributed by atoms with Gasteiger partial charge in [-0.2, -0.15) is 13.2 Å². The molecule has 0 amide bonds. The van der Waals surface area contributed by atoms with Gasteiger partial charge in [0.15, 0.2) is 0 Å². The van der Waals surface area contributed by atoms with Crippen LogP contribution in [-0.4, -0.2) is 12.0 Å². The molecule has 94 valence electrons. The van der Waals surface area contributed by atoms with E-state index >= 15 is 0 Å². The summed E-state index contributed by atoms with van der Waals surface area (Å²) in [4.78, 5) is 3.94. The molecule has 17 heavy (non-hydrogen) atoms. The van der Waals surface area contributed by atoms with E-state index in [1.807, 2.05) is 7.05 Å². The maximum Gasteiger partial charge on any atom is 0.417 e. The fourth-order valence-electron chi connectivity index (χ4n) is 2.16. The number of pyridine rings is 1. The Morgan fingerprint density at radius 2 is 2.06 bits per heavy atom. The zero-order valence-corrected chi connectivity index (χ0v) is 9.59. The van der Waals surface area contributed by atoms with Gasteiger partial charge in [-0.25, -0.2) is 0 Å². The van der Waals surface area contributed by atoms with E-state index in [4.69, 9.17) is 0 Å². The fraction of sp³-hybridized carbons (Fsp3) is 0.583. The lowest BCUT2D eigenvalue weighted by atomic mass is 9.78. The third-order valence-electron chi connectivity index (χ3n) is 3.36. The van der Waals surface area contributed by atoms with Crippen LogP contribution < -0.4 is 5.32 Å². The monoisotopic (exact) mass is 244 g/mol. The van der Waals surface area contributed by atoms with Crippen LogP contribution >= 0.6 is 0 Å². The van der Waals surface area contributed by atoms with Gasteiger partial charge in [0.05, 0.1) is 17.3 Å². The molecule has 1 heterocycles. The predicted octanol–water partition coefficient (Wildman–Crippen LogP) is 3.16. The van der Waals surface area contributed by atoms with E-state index in [0.717, 1.165) is 25.1 Å². The van der Waals surface area contributed by atoms with E-state index in [0.29, 0.717) is 11.6 Å². The standard InChI is InChI=1S/C12H15F3N2/c1-16-11(8-3-2-4-8)10-6-5-9(7-17-10)12(13,14)15/h5-8,11,16H,2-4H2,1H3. The summed E-state index contributed by atoms with van der Waals surface area (Å²) in [5.41, 5.74) is 0.00918. The van der Waals surface area contributed by atoms with Crippen molar-refractivity contribution >= 4 is 0 Å². The summed E-state index contributed by atoms with van der Waals surface area (Å²) in [7, 11) is 1.82. The number of halogens is 3. The van der Waals surface area contributed by atoms with E-state index in [9.17, 15) is 13.2 Å². The number of aromatic nitrogens is 1. The Labute approximate surface area is 98.2 Å². The molecule has 0 saturated heterocycles. The van der Waals surface area contributed by atoms with Crippen molar-refractivity contribution in [1.82, 2.24) is 10.3 Å². The third kappa shape index (κ3) is 2.60. The molecule has 1 atom stereocenters. The Balaban J connectivity index is 2.16. The van der Waals surface area contributed by atoms with Crippen molar-refractivity contribution in [2.45, 2.75) is 31.5 Å². The highest BCUT2D eigenvalue weighted by Crippen LogP contribution is 2.37. The van der Waals surface area contributed by atoms with Crippen molar-refractivity contribution in [3.8, 4) is 0 Å². The molecule has 5 heteroatoms. The minimum Gasteiger partial charge on any atom is -0.311 e. The summed E-state index contributed by atoms with van der Waals surface area (Å²) in [6.45, 7) is 0. The molecule has 1 aliphatic carbocycles. The Hall–Kier alpha value is -1.10. The van der Waals surface area contributed by atoms with Crippen molar-refractivity contribution < 1.29 is 13.2 Å². The van der Waals surface area contributed by atoms with Crippen molar-refractivity contribution in [1.29, 1.82) is 0 Å². The van der Waals surface area contributed by atoms with Crippen LogP contribution in [0, 0.1) is 5.92 Å². The van der Waals surface area contributed by atoms with Gasteiger partial charge in [0.25, 0.3) is 0 Å². The van der Waals surface area contributed by atoms with E-state index in [1.54, 1.807) is 0 Å². The zero-order chi connectivity index (χ0) is 12.5. The van der Waals surface area contributed by atoms with Gasteiger partial charge in [-0.15, -0.1) is 0 Å². The Bertz CT molecular complexity index is 368. The van der Waals surface area contributed by atoms with Crippen LogP contribution in [-0.2, 0) is 6.18 Å². The molecule has 1 aliphatic rings. The van der Waals surface area contributed by atoms with E-state index in [2.05, 4.69) is 10.3 Å². The Morgan fingerprint density at radius 1 is 1.35 bits per heavy atom. The first-order valence-electron chi connectivity index (χ1n) is 5.73. The molecule has 1 aromatic rings. The molecule has 0 aliphatic heterocycles. The maximum absolute atomic E-state index is 12.4. The second-order valence-electron chi connectivity index (χ2n) is 4.43. The van der Waals surface area contributed by atoms with Crippen LogP contribution in [0.25, 0.3) is 0 Å². The average molecular weight is 244 g/mol. The summed E-state index contributed by atoms with van der Waals surface area (Å²) in [6, 6.07) is 2.65. The molecule has 0 radical (unpaired) electrons. The lowest BCUT2D eigenvalue weighted by Crippen LogP contribution is -2.30. The van der Waals surface area contributed by atoms with Crippen LogP contribution in [0.2, 0.25) is 0 Å². The van der Waals surface area contributed by atoms with E-state index < -0.39 is 11.7 Å². The molecule has 0 spiro atoms. The van der Waals surface area contributed by atoms with E-state index in [1.165, 1.54) is 12.5 Å².